The second-order valence-corrected chi connectivity index (χ2v) is 8.84. The van der Waals surface area contributed by atoms with Crippen molar-refractivity contribution in [1.82, 2.24) is 4.90 Å². The molecule has 148 valence electrons. The third-order valence-electron chi connectivity index (χ3n) is 4.24. The van der Waals surface area contributed by atoms with Crippen LogP contribution in [0.15, 0.2) is 81.7 Å². The Kier molecular flexibility index (Phi) is 6.72. The maximum atomic E-state index is 12.7. The van der Waals surface area contributed by atoms with Crippen LogP contribution in [-0.2, 0) is 4.79 Å². The molecule has 5 heteroatoms. The van der Waals surface area contributed by atoms with Crippen LogP contribution >= 0.6 is 23.1 Å². The molecule has 1 fully saturated rings. The van der Waals surface area contributed by atoms with E-state index in [9.17, 15) is 4.79 Å². The summed E-state index contributed by atoms with van der Waals surface area (Å²) in [6.45, 7) is 9.86. The van der Waals surface area contributed by atoms with Crippen molar-refractivity contribution >= 4 is 40.2 Å². The molecule has 0 aliphatic carbocycles. The van der Waals surface area contributed by atoms with Gasteiger partial charge in [0.25, 0.3) is 5.91 Å². The molecule has 29 heavy (non-hydrogen) atoms. The van der Waals surface area contributed by atoms with Crippen molar-refractivity contribution in [3.05, 3.63) is 87.1 Å². The van der Waals surface area contributed by atoms with E-state index in [1.165, 1.54) is 28.5 Å². The van der Waals surface area contributed by atoms with Crippen LogP contribution in [0.3, 0.4) is 0 Å². The predicted molar refractivity (Wildman–Crippen MR) is 128 cm³/mol. The van der Waals surface area contributed by atoms with Gasteiger partial charge in [0.15, 0.2) is 5.17 Å². The molecule has 0 spiro atoms. The largest absolute Gasteiger partial charge is 0.290 e. The van der Waals surface area contributed by atoms with E-state index in [1.54, 1.807) is 23.3 Å². The number of thiophene rings is 1. The van der Waals surface area contributed by atoms with Gasteiger partial charge in [0, 0.05) is 11.9 Å². The van der Waals surface area contributed by atoms with Gasteiger partial charge in [-0.25, -0.2) is 4.99 Å². The number of aliphatic imine (C=N–C) groups is 1. The fourth-order valence-corrected chi connectivity index (χ4v) is 4.66. The van der Waals surface area contributed by atoms with Crippen molar-refractivity contribution in [3.63, 3.8) is 0 Å². The van der Waals surface area contributed by atoms with Gasteiger partial charge in [-0.2, -0.15) is 0 Å². The minimum absolute atomic E-state index is 0.0332. The van der Waals surface area contributed by atoms with Gasteiger partial charge in [0.05, 0.1) is 10.6 Å². The van der Waals surface area contributed by atoms with Crippen LogP contribution in [-0.4, -0.2) is 23.0 Å². The van der Waals surface area contributed by atoms with Crippen LogP contribution in [0.25, 0.3) is 17.2 Å². The van der Waals surface area contributed by atoms with E-state index in [0.29, 0.717) is 10.1 Å². The number of hydrogen-bond donors (Lipinski definition) is 0. The molecular formula is C24H24N2OS2. The molecule has 0 radical (unpaired) electrons. The van der Waals surface area contributed by atoms with E-state index >= 15 is 0 Å². The summed E-state index contributed by atoms with van der Waals surface area (Å²) in [7, 11) is 1.76. The first-order valence-corrected chi connectivity index (χ1v) is 11.0. The van der Waals surface area contributed by atoms with E-state index in [4.69, 9.17) is 0 Å². The Labute approximate surface area is 180 Å². The van der Waals surface area contributed by atoms with Gasteiger partial charge in [-0.3, -0.25) is 9.69 Å². The molecule has 1 aliphatic rings. The van der Waals surface area contributed by atoms with Crippen LogP contribution < -0.4 is 0 Å². The number of thioether (sulfide) groups is 1. The summed E-state index contributed by atoms with van der Waals surface area (Å²) < 4.78 is 0. The Balaban J connectivity index is 1.86. The molecule has 1 amide bonds. The highest BCUT2D eigenvalue weighted by Gasteiger charge is 2.30. The zero-order valence-electron chi connectivity index (χ0n) is 17.1. The van der Waals surface area contributed by atoms with Gasteiger partial charge in [-0.05, 0) is 73.3 Å². The van der Waals surface area contributed by atoms with E-state index < -0.39 is 0 Å². The summed E-state index contributed by atoms with van der Waals surface area (Å²) in [5, 5.41) is 2.79. The third-order valence-corrected chi connectivity index (χ3v) is 6.18. The number of likely N-dealkylation sites (N-methyl/N-ethyl adjacent to an activating group) is 1. The molecule has 0 bridgehead atoms. The lowest BCUT2D eigenvalue weighted by molar-refractivity contribution is -0.121. The van der Waals surface area contributed by atoms with Gasteiger partial charge in [0.1, 0.15) is 0 Å². The Morgan fingerprint density at radius 1 is 1.21 bits per heavy atom. The molecule has 0 unspecified atom stereocenters. The quantitative estimate of drug-likeness (QED) is 0.400. The molecular weight excluding hydrogens is 396 g/mol. The summed E-state index contributed by atoms with van der Waals surface area (Å²) in [6, 6.07) is 10.6. The Hall–Kier alpha value is -2.63. The van der Waals surface area contributed by atoms with Gasteiger partial charge < -0.3 is 0 Å². The van der Waals surface area contributed by atoms with Crippen LogP contribution in [0.5, 0.6) is 0 Å². The van der Waals surface area contributed by atoms with Gasteiger partial charge in [0.2, 0.25) is 0 Å². The molecule has 2 heterocycles. The molecule has 0 atom stereocenters. The molecule has 1 aromatic heterocycles. The fourth-order valence-electron chi connectivity index (χ4n) is 2.76. The minimum atomic E-state index is -0.0332. The zero-order chi connectivity index (χ0) is 21.0. The molecule has 3 rings (SSSR count). The van der Waals surface area contributed by atoms with Gasteiger partial charge in [-0.1, -0.05) is 48.1 Å². The number of benzene rings is 1. The van der Waals surface area contributed by atoms with Crippen LogP contribution in [0, 0.1) is 6.92 Å². The highest BCUT2D eigenvalue weighted by atomic mass is 32.2. The van der Waals surface area contributed by atoms with E-state index in [-0.39, 0.29) is 5.91 Å². The van der Waals surface area contributed by atoms with Crippen LogP contribution in [0.1, 0.15) is 24.3 Å². The standard InChI is InChI=1S/C24H24N2OS2/c1-6-7-20(12-16(2)3)25-24-26(5)23(27)22(29-24)14-21-13-19(15-28-21)18-10-8-17(4)9-11-18/h6-15H,2H2,1,3-5H3. The first-order chi connectivity index (χ1) is 13.9. The Bertz CT molecular complexity index is 1050. The van der Waals surface area contributed by atoms with Gasteiger partial charge >= 0.3 is 0 Å². The molecule has 1 aromatic carbocycles. The highest BCUT2D eigenvalue weighted by Crippen LogP contribution is 2.34. The maximum Gasteiger partial charge on any atom is 0.266 e. The summed E-state index contributed by atoms with van der Waals surface area (Å²) in [5.41, 5.74) is 5.28. The van der Waals surface area contributed by atoms with Gasteiger partial charge in [-0.15, -0.1) is 11.3 Å². The summed E-state index contributed by atoms with van der Waals surface area (Å²) in [4.78, 5) is 20.7. The van der Waals surface area contributed by atoms with E-state index in [0.717, 1.165) is 16.1 Å². The van der Waals surface area contributed by atoms with Crippen molar-refractivity contribution in [2.45, 2.75) is 20.8 Å². The molecule has 1 saturated heterocycles. The summed E-state index contributed by atoms with van der Waals surface area (Å²) in [6.07, 6.45) is 7.69. The van der Waals surface area contributed by atoms with E-state index in [2.05, 4.69) is 54.2 Å². The average Bonchev–Trinajstić information content (AvgIpc) is 3.23. The third kappa shape index (κ3) is 5.25. The second kappa shape index (κ2) is 9.25. The number of carbonyl (C=O) groups excluding carboxylic acids is 1. The summed E-state index contributed by atoms with van der Waals surface area (Å²) >= 11 is 3.04. The second-order valence-electron chi connectivity index (χ2n) is 6.89. The topological polar surface area (TPSA) is 32.7 Å². The minimum Gasteiger partial charge on any atom is -0.290 e. The Morgan fingerprint density at radius 2 is 1.93 bits per heavy atom. The van der Waals surface area contributed by atoms with Crippen LogP contribution in [0.4, 0.5) is 0 Å². The smallest absolute Gasteiger partial charge is 0.266 e. The fraction of sp³-hybridized carbons (Fsp3) is 0.167. The number of carbonyl (C=O) groups is 1. The summed E-state index contributed by atoms with van der Waals surface area (Å²) in [5.74, 6) is -0.0332. The number of amides is 1. The number of aryl methyl sites for hydroxylation is 1. The van der Waals surface area contributed by atoms with Crippen molar-refractivity contribution in [1.29, 1.82) is 0 Å². The van der Waals surface area contributed by atoms with Crippen molar-refractivity contribution < 1.29 is 4.79 Å². The lowest BCUT2D eigenvalue weighted by Gasteiger charge is -2.07. The normalized spacial score (nSPS) is 17.9. The Morgan fingerprint density at radius 3 is 2.59 bits per heavy atom. The van der Waals surface area contributed by atoms with E-state index in [1.807, 2.05) is 38.2 Å². The number of nitrogens with zero attached hydrogens (tertiary/aromatic N) is 2. The highest BCUT2D eigenvalue weighted by molar-refractivity contribution is 8.18. The molecule has 0 N–H and O–H groups in total. The number of rotatable bonds is 5. The number of hydrogen-bond acceptors (Lipinski definition) is 4. The monoisotopic (exact) mass is 420 g/mol. The zero-order valence-corrected chi connectivity index (χ0v) is 18.7. The molecule has 2 aromatic rings. The molecule has 1 aliphatic heterocycles. The predicted octanol–water partition coefficient (Wildman–Crippen LogP) is 6.66. The van der Waals surface area contributed by atoms with Crippen molar-refractivity contribution in [2.24, 2.45) is 4.99 Å². The first kappa shape index (κ1) is 21.1. The van der Waals surface area contributed by atoms with Crippen LogP contribution in [0.2, 0.25) is 0 Å². The first-order valence-electron chi connectivity index (χ1n) is 9.29. The number of amidine groups is 1. The maximum absolute atomic E-state index is 12.7. The van der Waals surface area contributed by atoms with Crippen molar-refractivity contribution in [3.8, 4) is 11.1 Å². The lowest BCUT2D eigenvalue weighted by atomic mass is 10.1. The average molecular weight is 421 g/mol. The SMILES string of the molecule is C=C(C)C=C(C=CC)N=C1SC(=Cc2cc(-c3ccc(C)cc3)cs2)C(=O)N1C. The number of allylic oxidation sites excluding steroid dienone is 4. The van der Waals surface area contributed by atoms with Crippen molar-refractivity contribution in [2.75, 3.05) is 7.05 Å². The lowest BCUT2D eigenvalue weighted by Crippen LogP contribution is -2.23. The molecule has 3 nitrogen and oxygen atoms in total. The molecule has 0 saturated carbocycles.